The van der Waals surface area contributed by atoms with Gasteiger partial charge in [0.2, 0.25) is 0 Å². The van der Waals surface area contributed by atoms with E-state index in [9.17, 15) is 8.42 Å². The van der Waals surface area contributed by atoms with E-state index in [0.29, 0.717) is 24.3 Å². The van der Waals surface area contributed by atoms with Gasteiger partial charge in [-0.15, -0.1) is 0 Å². The molecule has 2 N–H and O–H groups in total. The number of aliphatic hydroxyl groups is 1. The lowest BCUT2D eigenvalue weighted by molar-refractivity contribution is 0.350. The number of anilines is 1. The average Bonchev–Trinajstić information content (AvgIpc) is 2.74. The van der Waals surface area contributed by atoms with Crippen LogP contribution in [-0.4, -0.2) is 37.5 Å². The van der Waals surface area contributed by atoms with Crippen molar-refractivity contribution in [2.75, 3.05) is 24.4 Å². The Balaban J connectivity index is 2.12. The second kappa shape index (κ2) is 7.46. The maximum atomic E-state index is 12.4. The molecule has 21 heavy (non-hydrogen) atoms. The fourth-order valence-corrected chi connectivity index (χ4v) is 3.59. The molecule has 1 aliphatic heterocycles. The molecule has 1 aromatic rings. The van der Waals surface area contributed by atoms with Crippen LogP contribution >= 0.6 is 0 Å². The van der Waals surface area contributed by atoms with E-state index in [2.05, 4.69) is 16.6 Å². The van der Waals surface area contributed by atoms with Gasteiger partial charge in [0.1, 0.15) is 6.61 Å². The molecule has 1 aromatic carbocycles. The highest BCUT2D eigenvalue weighted by atomic mass is 32.2. The van der Waals surface area contributed by atoms with Crippen LogP contribution in [0.1, 0.15) is 31.2 Å². The minimum absolute atomic E-state index is 0.219. The van der Waals surface area contributed by atoms with E-state index < -0.39 is 10.2 Å². The van der Waals surface area contributed by atoms with Gasteiger partial charge < -0.3 is 5.11 Å². The van der Waals surface area contributed by atoms with E-state index in [1.807, 2.05) is 0 Å². The van der Waals surface area contributed by atoms with Crippen molar-refractivity contribution in [1.82, 2.24) is 4.31 Å². The highest BCUT2D eigenvalue weighted by Gasteiger charge is 2.22. The summed E-state index contributed by atoms with van der Waals surface area (Å²) in [7, 11) is -3.51. The van der Waals surface area contributed by atoms with Gasteiger partial charge in [-0.2, -0.15) is 12.7 Å². The molecule has 0 radical (unpaired) electrons. The van der Waals surface area contributed by atoms with Crippen LogP contribution in [0.4, 0.5) is 5.69 Å². The zero-order valence-electron chi connectivity index (χ0n) is 11.9. The van der Waals surface area contributed by atoms with Crippen molar-refractivity contribution in [2.24, 2.45) is 0 Å². The fourth-order valence-electron chi connectivity index (χ4n) is 2.30. The SMILES string of the molecule is O=S(=O)(Nc1cccc(C#CCO)c1)N1CCCCCC1. The van der Waals surface area contributed by atoms with Crippen molar-refractivity contribution >= 4 is 15.9 Å². The van der Waals surface area contributed by atoms with Gasteiger partial charge in [-0.05, 0) is 31.0 Å². The number of rotatable bonds is 3. The first-order valence-corrected chi connectivity index (χ1v) is 8.53. The second-order valence-electron chi connectivity index (χ2n) is 4.96. The molecule has 0 spiro atoms. The van der Waals surface area contributed by atoms with Crippen molar-refractivity contribution in [1.29, 1.82) is 0 Å². The number of nitrogens with zero attached hydrogens (tertiary/aromatic N) is 1. The normalized spacial score (nSPS) is 16.6. The van der Waals surface area contributed by atoms with Crippen molar-refractivity contribution in [3.05, 3.63) is 29.8 Å². The first-order chi connectivity index (χ1) is 10.1. The first kappa shape index (κ1) is 15.8. The summed E-state index contributed by atoms with van der Waals surface area (Å²) in [5.41, 5.74) is 1.16. The predicted molar refractivity (Wildman–Crippen MR) is 83.0 cm³/mol. The van der Waals surface area contributed by atoms with Crippen LogP contribution in [0.15, 0.2) is 24.3 Å². The lowest BCUT2D eigenvalue weighted by atomic mass is 10.2. The quantitative estimate of drug-likeness (QED) is 0.833. The summed E-state index contributed by atoms with van der Waals surface area (Å²) in [6.07, 6.45) is 3.97. The summed E-state index contributed by atoms with van der Waals surface area (Å²) < 4.78 is 28.9. The molecule has 0 bridgehead atoms. The maximum Gasteiger partial charge on any atom is 0.301 e. The molecule has 5 nitrogen and oxygen atoms in total. The Hall–Kier alpha value is -1.55. The van der Waals surface area contributed by atoms with Gasteiger partial charge in [0.25, 0.3) is 0 Å². The number of hydrogen-bond donors (Lipinski definition) is 2. The van der Waals surface area contributed by atoms with Gasteiger partial charge >= 0.3 is 10.2 Å². The fraction of sp³-hybridized carbons (Fsp3) is 0.467. The van der Waals surface area contributed by atoms with Crippen LogP contribution in [0.2, 0.25) is 0 Å². The Morgan fingerprint density at radius 3 is 2.57 bits per heavy atom. The molecular formula is C15H20N2O3S. The molecule has 0 saturated carbocycles. The molecule has 0 aromatic heterocycles. The summed E-state index contributed by atoms with van der Waals surface area (Å²) in [5, 5.41) is 8.69. The summed E-state index contributed by atoms with van der Waals surface area (Å²) in [4.78, 5) is 0. The highest BCUT2D eigenvalue weighted by molar-refractivity contribution is 7.90. The van der Waals surface area contributed by atoms with Crippen molar-refractivity contribution in [3.8, 4) is 11.8 Å². The first-order valence-electron chi connectivity index (χ1n) is 7.09. The van der Waals surface area contributed by atoms with Crippen LogP contribution < -0.4 is 4.72 Å². The smallest absolute Gasteiger partial charge is 0.301 e. The van der Waals surface area contributed by atoms with E-state index in [4.69, 9.17) is 5.11 Å². The Bertz CT molecular complexity index is 624. The van der Waals surface area contributed by atoms with E-state index in [1.165, 1.54) is 4.31 Å². The maximum absolute atomic E-state index is 12.4. The third-order valence-electron chi connectivity index (χ3n) is 3.33. The Morgan fingerprint density at radius 1 is 1.19 bits per heavy atom. The molecule has 114 valence electrons. The van der Waals surface area contributed by atoms with E-state index in [-0.39, 0.29) is 6.61 Å². The molecule has 0 aliphatic carbocycles. The molecule has 1 heterocycles. The van der Waals surface area contributed by atoms with Crippen molar-refractivity contribution < 1.29 is 13.5 Å². The molecule has 0 unspecified atom stereocenters. The van der Waals surface area contributed by atoms with Crippen LogP contribution in [0.25, 0.3) is 0 Å². The summed E-state index contributed by atoms with van der Waals surface area (Å²) in [6, 6.07) is 6.87. The average molecular weight is 308 g/mol. The summed E-state index contributed by atoms with van der Waals surface area (Å²) in [6.45, 7) is 0.919. The lowest BCUT2D eigenvalue weighted by Gasteiger charge is -2.20. The van der Waals surface area contributed by atoms with Crippen LogP contribution in [0.3, 0.4) is 0 Å². The third kappa shape index (κ3) is 4.74. The topological polar surface area (TPSA) is 69.6 Å². The molecule has 1 aliphatic rings. The monoisotopic (exact) mass is 308 g/mol. The van der Waals surface area contributed by atoms with Gasteiger partial charge in [0.05, 0.1) is 5.69 Å². The second-order valence-corrected chi connectivity index (χ2v) is 6.63. The largest absolute Gasteiger partial charge is 0.384 e. The van der Waals surface area contributed by atoms with Crippen molar-refractivity contribution in [2.45, 2.75) is 25.7 Å². The molecule has 1 fully saturated rings. The molecule has 1 saturated heterocycles. The number of hydrogen-bond acceptors (Lipinski definition) is 3. The van der Waals surface area contributed by atoms with Crippen molar-refractivity contribution in [3.63, 3.8) is 0 Å². The van der Waals surface area contributed by atoms with Gasteiger partial charge in [0, 0.05) is 18.7 Å². The minimum atomic E-state index is -3.51. The van der Waals surface area contributed by atoms with Crippen LogP contribution in [0, 0.1) is 11.8 Å². The zero-order chi connectivity index (χ0) is 15.1. The number of aliphatic hydroxyl groups excluding tert-OH is 1. The molecular weight excluding hydrogens is 288 g/mol. The standard InChI is InChI=1S/C15H20N2O3S/c18-12-6-8-14-7-5-9-15(13-14)16-21(19,20)17-10-3-1-2-4-11-17/h5,7,9,13,16,18H,1-4,10-12H2. The Labute approximate surface area is 126 Å². The lowest BCUT2D eigenvalue weighted by Crippen LogP contribution is -2.36. The molecule has 2 rings (SSSR count). The molecule has 6 heteroatoms. The van der Waals surface area contributed by atoms with Gasteiger partial charge in [-0.3, -0.25) is 4.72 Å². The summed E-state index contributed by atoms with van der Waals surface area (Å²) in [5.74, 6) is 5.31. The Morgan fingerprint density at radius 2 is 1.90 bits per heavy atom. The molecule has 0 atom stereocenters. The van der Waals surface area contributed by atoms with E-state index in [1.54, 1.807) is 24.3 Å². The Kier molecular flexibility index (Phi) is 5.62. The van der Waals surface area contributed by atoms with E-state index >= 15 is 0 Å². The van der Waals surface area contributed by atoms with Crippen LogP contribution in [-0.2, 0) is 10.2 Å². The number of nitrogens with one attached hydrogen (secondary N) is 1. The van der Waals surface area contributed by atoms with Crippen LogP contribution in [0.5, 0.6) is 0 Å². The minimum Gasteiger partial charge on any atom is -0.384 e. The van der Waals surface area contributed by atoms with E-state index in [0.717, 1.165) is 25.7 Å². The highest BCUT2D eigenvalue weighted by Crippen LogP contribution is 2.17. The number of benzene rings is 1. The van der Waals surface area contributed by atoms with Gasteiger partial charge in [-0.25, -0.2) is 0 Å². The summed E-state index contributed by atoms with van der Waals surface area (Å²) >= 11 is 0. The predicted octanol–water partition coefficient (Wildman–Crippen LogP) is 1.56. The zero-order valence-corrected chi connectivity index (χ0v) is 12.7. The van der Waals surface area contributed by atoms with Gasteiger partial charge in [-0.1, -0.05) is 30.7 Å². The molecule has 0 amide bonds. The van der Waals surface area contributed by atoms with Gasteiger partial charge in [0.15, 0.2) is 0 Å². The third-order valence-corrected chi connectivity index (χ3v) is 4.86.